The van der Waals surface area contributed by atoms with Gasteiger partial charge in [0, 0.05) is 24.0 Å². The summed E-state index contributed by atoms with van der Waals surface area (Å²) in [5, 5.41) is 11.5. The van der Waals surface area contributed by atoms with Gasteiger partial charge in [0.05, 0.1) is 13.7 Å². The van der Waals surface area contributed by atoms with Crippen molar-refractivity contribution < 1.29 is 13.2 Å². The first-order valence-electron chi connectivity index (χ1n) is 7.53. The Morgan fingerprint density at radius 1 is 1.23 bits per heavy atom. The van der Waals surface area contributed by atoms with Gasteiger partial charge in [-0.15, -0.1) is 35.3 Å². The second-order valence-electron chi connectivity index (χ2n) is 5.36. The lowest BCUT2D eigenvalue weighted by Gasteiger charge is -2.13. The fourth-order valence-corrected chi connectivity index (χ4v) is 3.89. The Kier molecular flexibility index (Phi) is 8.80. The summed E-state index contributed by atoms with van der Waals surface area (Å²) in [5.41, 5.74) is 2.15. The van der Waals surface area contributed by atoms with Crippen LogP contribution >= 0.6 is 35.3 Å². The van der Waals surface area contributed by atoms with Crippen molar-refractivity contribution in [3.8, 4) is 5.75 Å². The van der Waals surface area contributed by atoms with E-state index in [0.29, 0.717) is 19.0 Å². The van der Waals surface area contributed by atoms with Gasteiger partial charge in [0.1, 0.15) is 9.96 Å². The normalized spacial score (nSPS) is 11.6. The topological polar surface area (TPSA) is 106 Å². The molecule has 144 valence electrons. The van der Waals surface area contributed by atoms with E-state index >= 15 is 0 Å². The van der Waals surface area contributed by atoms with Crippen LogP contribution in [-0.2, 0) is 23.1 Å². The van der Waals surface area contributed by atoms with Crippen molar-refractivity contribution in [1.29, 1.82) is 0 Å². The van der Waals surface area contributed by atoms with Gasteiger partial charge in [-0.3, -0.25) is 4.99 Å². The van der Waals surface area contributed by atoms with E-state index in [9.17, 15) is 8.42 Å². The molecule has 0 saturated carbocycles. The molecule has 0 aliphatic heterocycles. The molecule has 1 heterocycles. The molecule has 1 aromatic heterocycles. The number of ether oxygens (including phenoxy) is 1. The Balaban J connectivity index is 0.00000338. The number of aryl methyl sites for hydroxylation is 1. The molecule has 0 aliphatic carbocycles. The molecule has 0 saturated heterocycles. The minimum absolute atomic E-state index is 0. The summed E-state index contributed by atoms with van der Waals surface area (Å²) in [6.45, 7) is 3.01. The predicted molar refractivity (Wildman–Crippen MR) is 116 cm³/mol. The van der Waals surface area contributed by atoms with Crippen LogP contribution in [0, 0.1) is 6.92 Å². The number of hydrogen-bond acceptors (Lipinski definition) is 5. The summed E-state index contributed by atoms with van der Waals surface area (Å²) in [6, 6.07) is 9.24. The molecule has 4 N–H and O–H groups in total. The zero-order valence-corrected chi connectivity index (χ0v) is 18.7. The average Bonchev–Trinajstić information content (AvgIpc) is 3.05. The molecule has 0 aliphatic rings. The number of benzene rings is 1. The Bertz CT molecular complexity index is 866. The van der Waals surface area contributed by atoms with Crippen LogP contribution in [0.1, 0.15) is 16.0 Å². The van der Waals surface area contributed by atoms with E-state index in [1.54, 1.807) is 20.2 Å². The maximum absolute atomic E-state index is 11.3. The van der Waals surface area contributed by atoms with Gasteiger partial charge in [-0.05, 0) is 30.7 Å². The van der Waals surface area contributed by atoms with Gasteiger partial charge in [-0.25, -0.2) is 13.6 Å². The molecule has 10 heteroatoms. The van der Waals surface area contributed by atoms with Crippen molar-refractivity contribution in [1.82, 2.24) is 10.6 Å². The van der Waals surface area contributed by atoms with Crippen molar-refractivity contribution in [2.24, 2.45) is 10.1 Å². The Morgan fingerprint density at radius 3 is 2.50 bits per heavy atom. The smallest absolute Gasteiger partial charge is 0.247 e. The highest BCUT2D eigenvalue weighted by molar-refractivity contribution is 14.0. The molecule has 0 unspecified atom stereocenters. The summed E-state index contributed by atoms with van der Waals surface area (Å²) in [4.78, 5) is 5.01. The van der Waals surface area contributed by atoms with Crippen molar-refractivity contribution in [2.75, 3.05) is 14.2 Å². The molecule has 0 atom stereocenters. The Hall–Kier alpha value is -1.37. The monoisotopic (exact) mass is 510 g/mol. The second kappa shape index (κ2) is 10.1. The van der Waals surface area contributed by atoms with Crippen LogP contribution < -0.4 is 20.5 Å². The summed E-state index contributed by atoms with van der Waals surface area (Å²) in [5.74, 6) is 1.42. The van der Waals surface area contributed by atoms with Crippen molar-refractivity contribution in [2.45, 2.75) is 24.2 Å². The number of methoxy groups -OCH3 is 1. The van der Waals surface area contributed by atoms with Gasteiger partial charge < -0.3 is 15.4 Å². The molecule has 26 heavy (non-hydrogen) atoms. The van der Waals surface area contributed by atoms with Crippen LogP contribution in [0.25, 0.3) is 0 Å². The van der Waals surface area contributed by atoms with Gasteiger partial charge in [0.25, 0.3) is 0 Å². The van der Waals surface area contributed by atoms with Crippen molar-refractivity contribution >= 4 is 51.3 Å². The largest absolute Gasteiger partial charge is 0.496 e. The number of hydrogen-bond donors (Lipinski definition) is 3. The maximum Gasteiger partial charge on any atom is 0.247 e. The van der Waals surface area contributed by atoms with Crippen LogP contribution in [-0.4, -0.2) is 28.5 Å². The third-order valence-corrected chi connectivity index (χ3v) is 5.98. The number of aliphatic imine (C=N–C) groups is 1. The minimum atomic E-state index is -3.65. The predicted octanol–water partition coefficient (Wildman–Crippen LogP) is 2.20. The molecule has 1 aromatic carbocycles. The third kappa shape index (κ3) is 6.41. The van der Waals surface area contributed by atoms with Crippen molar-refractivity contribution in [3.05, 3.63) is 46.3 Å². The lowest BCUT2D eigenvalue weighted by molar-refractivity contribution is 0.408. The molecule has 2 aromatic rings. The lowest BCUT2D eigenvalue weighted by atomic mass is 10.1. The van der Waals surface area contributed by atoms with Gasteiger partial charge in [0.2, 0.25) is 10.0 Å². The molecule has 0 fully saturated rings. The fourth-order valence-electron chi connectivity index (χ4n) is 2.17. The van der Waals surface area contributed by atoms with E-state index in [-0.39, 0.29) is 28.2 Å². The molecular weight excluding hydrogens is 487 g/mol. The summed E-state index contributed by atoms with van der Waals surface area (Å²) >= 11 is 1.14. The highest BCUT2D eigenvalue weighted by Gasteiger charge is 2.11. The van der Waals surface area contributed by atoms with Gasteiger partial charge in [-0.1, -0.05) is 12.1 Å². The van der Waals surface area contributed by atoms with Crippen LogP contribution in [0.15, 0.2) is 39.5 Å². The van der Waals surface area contributed by atoms with Crippen LogP contribution in [0.3, 0.4) is 0 Å². The molecular formula is C16H23IN4O3S2. The quantitative estimate of drug-likeness (QED) is 0.314. The number of thiophene rings is 1. The highest BCUT2D eigenvalue weighted by Crippen LogP contribution is 2.20. The number of nitrogens with two attached hydrogens (primary N) is 1. The second-order valence-corrected chi connectivity index (χ2v) is 8.32. The van der Waals surface area contributed by atoms with E-state index in [4.69, 9.17) is 9.88 Å². The standard InChI is InChI=1S/C16H22N4O3S2.HI/c1-11-4-5-12(14(8-11)23-3)9-19-16(18-2)20-10-13-6-7-15(24-13)25(17,21)22;/h4-8H,9-10H2,1-3H3,(H2,17,21,22)(H2,18,19,20);1H. The van der Waals surface area contributed by atoms with E-state index < -0.39 is 10.0 Å². The summed E-state index contributed by atoms with van der Waals surface area (Å²) in [7, 11) is -0.336. The number of primary sulfonamides is 1. The third-order valence-electron chi connectivity index (χ3n) is 3.46. The van der Waals surface area contributed by atoms with Crippen LogP contribution in [0.2, 0.25) is 0 Å². The first-order valence-corrected chi connectivity index (χ1v) is 9.89. The van der Waals surface area contributed by atoms with E-state index in [2.05, 4.69) is 15.6 Å². The minimum Gasteiger partial charge on any atom is -0.496 e. The number of nitrogens with zero attached hydrogens (tertiary/aromatic N) is 1. The van der Waals surface area contributed by atoms with Crippen LogP contribution in [0.4, 0.5) is 0 Å². The van der Waals surface area contributed by atoms with Gasteiger partial charge in [0.15, 0.2) is 5.96 Å². The van der Waals surface area contributed by atoms with E-state index in [0.717, 1.165) is 33.1 Å². The van der Waals surface area contributed by atoms with Gasteiger partial charge in [-0.2, -0.15) is 0 Å². The first kappa shape index (κ1) is 22.7. The van der Waals surface area contributed by atoms with E-state index in [1.807, 2.05) is 25.1 Å². The Labute approximate surface area is 175 Å². The SMILES string of the molecule is CN=C(NCc1ccc(S(N)(=O)=O)s1)NCc1ccc(C)cc1OC.I. The molecule has 0 amide bonds. The zero-order valence-electron chi connectivity index (χ0n) is 14.8. The average molecular weight is 510 g/mol. The highest BCUT2D eigenvalue weighted by atomic mass is 127. The molecule has 0 spiro atoms. The zero-order chi connectivity index (χ0) is 18.4. The van der Waals surface area contributed by atoms with Crippen LogP contribution in [0.5, 0.6) is 5.75 Å². The molecule has 2 rings (SSSR count). The first-order chi connectivity index (χ1) is 11.8. The lowest BCUT2D eigenvalue weighted by Crippen LogP contribution is -2.36. The number of rotatable bonds is 6. The molecule has 0 bridgehead atoms. The van der Waals surface area contributed by atoms with Gasteiger partial charge >= 0.3 is 0 Å². The number of guanidine groups is 1. The van der Waals surface area contributed by atoms with E-state index in [1.165, 1.54) is 6.07 Å². The molecule has 7 nitrogen and oxygen atoms in total. The van der Waals surface area contributed by atoms with Crippen molar-refractivity contribution in [3.63, 3.8) is 0 Å². The fraction of sp³-hybridized carbons (Fsp3) is 0.312. The summed E-state index contributed by atoms with van der Waals surface area (Å²) < 4.78 is 28.1. The number of sulfonamides is 1. The molecule has 0 radical (unpaired) electrons. The maximum atomic E-state index is 11.3. The number of halogens is 1. The summed E-state index contributed by atoms with van der Waals surface area (Å²) in [6.07, 6.45) is 0. The number of nitrogens with one attached hydrogen (secondary N) is 2. The Morgan fingerprint density at radius 2 is 1.92 bits per heavy atom.